The van der Waals surface area contributed by atoms with Crippen molar-refractivity contribution in [3.8, 4) is 11.5 Å². The molecule has 5 heteroatoms. The molecule has 0 bridgehead atoms. The van der Waals surface area contributed by atoms with Crippen LogP contribution in [0.5, 0.6) is 11.5 Å². The molecule has 5 nitrogen and oxygen atoms in total. The van der Waals surface area contributed by atoms with Crippen molar-refractivity contribution in [1.29, 1.82) is 0 Å². The molecule has 3 rings (SSSR count). The van der Waals surface area contributed by atoms with Crippen LogP contribution in [0.4, 0.5) is 10.5 Å². The Bertz CT molecular complexity index is 762. The van der Waals surface area contributed by atoms with E-state index >= 15 is 0 Å². The van der Waals surface area contributed by atoms with Crippen LogP contribution < -0.4 is 14.4 Å². The number of anilines is 1. The summed E-state index contributed by atoms with van der Waals surface area (Å²) in [6, 6.07) is 15.5. The first-order chi connectivity index (χ1) is 12.9. The highest BCUT2D eigenvalue weighted by atomic mass is 16.6. The largest absolute Gasteiger partial charge is 0.494 e. The molecular formula is C22H27NO4. The number of hydrogen-bond donors (Lipinski definition) is 0. The van der Waals surface area contributed by atoms with Crippen LogP contribution in [0.25, 0.3) is 0 Å². The molecule has 0 N–H and O–H groups in total. The third-order valence-corrected chi connectivity index (χ3v) is 4.49. The van der Waals surface area contributed by atoms with E-state index in [9.17, 15) is 4.79 Å². The first kappa shape index (κ1) is 19.1. The normalized spacial score (nSPS) is 17.0. The summed E-state index contributed by atoms with van der Waals surface area (Å²) < 4.78 is 16.7. The third-order valence-electron chi connectivity index (χ3n) is 4.49. The lowest BCUT2D eigenvalue weighted by molar-refractivity contribution is 0.105. The molecule has 0 saturated carbocycles. The molecule has 2 aromatic carbocycles. The van der Waals surface area contributed by atoms with Gasteiger partial charge >= 0.3 is 6.09 Å². The van der Waals surface area contributed by atoms with Crippen molar-refractivity contribution in [1.82, 2.24) is 0 Å². The summed E-state index contributed by atoms with van der Waals surface area (Å²) in [7, 11) is 0. The molecule has 0 aromatic heterocycles. The molecule has 1 unspecified atom stereocenters. The first-order valence-electron chi connectivity index (χ1n) is 9.31. The zero-order chi connectivity index (χ0) is 19.4. The Morgan fingerprint density at radius 1 is 1.00 bits per heavy atom. The second-order valence-electron chi connectivity index (χ2n) is 7.63. The van der Waals surface area contributed by atoms with Crippen LogP contribution in [0.15, 0.2) is 48.5 Å². The molecule has 1 heterocycles. The molecule has 1 aliphatic rings. The topological polar surface area (TPSA) is 48.0 Å². The maximum atomic E-state index is 12.2. The van der Waals surface area contributed by atoms with Gasteiger partial charge in [-0.25, -0.2) is 4.79 Å². The van der Waals surface area contributed by atoms with Gasteiger partial charge < -0.3 is 14.2 Å². The van der Waals surface area contributed by atoms with Crippen LogP contribution in [0, 0.1) is 0 Å². The number of carbonyl (C=O) groups is 1. The van der Waals surface area contributed by atoms with Crippen molar-refractivity contribution >= 4 is 11.8 Å². The van der Waals surface area contributed by atoms with E-state index in [1.807, 2.05) is 43.3 Å². The summed E-state index contributed by atoms with van der Waals surface area (Å²) in [5, 5.41) is 0. The Hall–Kier alpha value is -2.69. The number of benzene rings is 2. The van der Waals surface area contributed by atoms with E-state index in [0.717, 1.165) is 17.2 Å². The van der Waals surface area contributed by atoms with Crippen LogP contribution in [-0.2, 0) is 10.2 Å². The van der Waals surface area contributed by atoms with Crippen LogP contribution in [0.1, 0.15) is 33.3 Å². The Labute approximate surface area is 160 Å². The summed E-state index contributed by atoms with van der Waals surface area (Å²) in [5.74, 6) is 1.56. The maximum Gasteiger partial charge on any atom is 0.414 e. The standard InChI is InChI=1S/C22H27NO4/c1-5-25-18-12-8-17(9-13-18)23-14-20(27-21(23)24)15-26-19-10-6-16(7-11-19)22(2,3)4/h6-13,20H,5,14-15H2,1-4H3. The van der Waals surface area contributed by atoms with Crippen LogP contribution in [0.2, 0.25) is 0 Å². The molecule has 0 spiro atoms. The van der Waals surface area contributed by atoms with Gasteiger partial charge in [0, 0.05) is 5.69 Å². The van der Waals surface area contributed by atoms with Gasteiger partial charge in [0.1, 0.15) is 18.1 Å². The van der Waals surface area contributed by atoms with Crippen molar-refractivity contribution in [2.24, 2.45) is 0 Å². The second kappa shape index (κ2) is 7.91. The van der Waals surface area contributed by atoms with E-state index in [1.165, 1.54) is 5.56 Å². The molecule has 1 aliphatic heterocycles. The summed E-state index contributed by atoms with van der Waals surface area (Å²) in [6.07, 6.45) is -0.651. The molecule has 1 amide bonds. The highest BCUT2D eigenvalue weighted by Crippen LogP contribution is 2.26. The highest BCUT2D eigenvalue weighted by Gasteiger charge is 2.32. The number of nitrogens with zero attached hydrogens (tertiary/aromatic N) is 1. The smallest absolute Gasteiger partial charge is 0.414 e. The van der Waals surface area contributed by atoms with E-state index < -0.39 is 0 Å². The molecule has 0 radical (unpaired) electrons. The minimum absolute atomic E-state index is 0.109. The summed E-state index contributed by atoms with van der Waals surface area (Å²) in [6.45, 7) is 9.87. The van der Waals surface area contributed by atoms with Gasteiger partial charge in [-0.2, -0.15) is 0 Å². The molecule has 27 heavy (non-hydrogen) atoms. The summed E-state index contributed by atoms with van der Waals surface area (Å²) in [4.78, 5) is 13.8. The number of carbonyl (C=O) groups excluding carboxylic acids is 1. The molecule has 2 aromatic rings. The monoisotopic (exact) mass is 369 g/mol. The number of ether oxygens (including phenoxy) is 3. The van der Waals surface area contributed by atoms with Gasteiger partial charge in [-0.15, -0.1) is 0 Å². The van der Waals surface area contributed by atoms with Crippen molar-refractivity contribution in [3.63, 3.8) is 0 Å². The van der Waals surface area contributed by atoms with Crippen molar-refractivity contribution in [2.75, 3.05) is 24.7 Å². The van der Waals surface area contributed by atoms with Crippen molar-refractivity contribution in [3.05, 3.63) is 54.1 Å². The fraction of sp³-hybridized carbons (Fsp3) is 0.409. The molecule has 1 atom stereocenters. The predicted octanol–water partition coefficient (Wildman–Crippen LogP) is 4.79. The SMILES string of the molecule is CCOc1ccc(N2CC(COc3ccc(C(C)(C)C)cc3)OC2=O)cc1. The van der Waals surface area contributed by atoms with Gasteiger partial charge in [0.05, 0.1) is 13.2 Å². The van der Waals surface area contributed by atoms with Gasteiger partial charge in [-0.05, 0) is 54.3 Å². The van der Waals surface area contributed by atoms with E-state index in [-0.39, 0.29) is 17.6 Å². The zero-order valence-corrected chi connectivity index (χ0v) is 16.4. The van der Waals surface area contributed by atoms with Gasteiger partial charge in [-0.3, -0.25) is 4.90 Å². The zero-order valence-electron chi connectivity index (χ0n) is 16.4. The third kappa shape index (κ3) is 4.73. The van der Waals surface area contributed by atoms with Crippen molar-refractivity contribution < 1.29 is 19.0 Å². The molecule has 0 aliphatic carbocycles. The molecule has 144 valence electrons. The summed E-state index contributed by atoms with van der Waals surface area (Å²) in [5.41, 5.74) is 2.15. The Morgan fingerprint density at radius 3 is 2.19 bits per heavy atom. The van der Waals surface area contributed by atoms with Crippen LogP contribution in [0.3, 0.4) is 0 Å². The maximum absolute atomic E-state index is 12.2. The lowest BCUT2D eigenvalue weighted by atomic mass is 9.87. The van der Waals surface area contributed by atoms with Crippen LogP contribution in [-0.4, -0.2) is 32.0 Å². The lowest BCUT2D eigenvalue weighted by Gasteiger charge is -2.19. The van der Waals surface area contributed by atoms with Gasteiger partial charge in [0.15, 0.2) is 6.10 Å². The van der Waals surface area contributed by atoms with Gasteiger partial charge in [-0.1, -0.05) is 32.9 Å². The molecular weight excluding hydrogens is 342 g/mol. The van der Waals surface area contributed by atoms with Gasteiger partial charge in [0.2, 0.25) is 0 Å². The van der Waals surface area contributed by atoms with Gasteiger partial charge in [0.25, 0.3) is 0 Å². The fourth-order valence-electron chi connectivity index (χ4n) is 2.95. The predicted molar refractivity (Wildman–Crippen MR) is 106 cm³/mol. The molecule has 1 saturated heterocycles. The lowest BCUT2D eigenvalue weighted by Crippen LogP contribution is -2.26. The quantitative estimate of drug-likeness (QED) is 0.735. The Morgan fingerprint density at radius 2 is 1.59 bits per heavy atom. The van der Waals surface area contributed by atoms with E-state index in [0.29, 0.717) is 19.8 Å². The minimum atomic E-state index is -0.351. The Balaban J connectivity index is 1.56. The van der Waals surface area contributed by atoms with Crippen molar-refractivity contribution in [2.45, 2.75) is 39.2 Å². The van der Waals surface area contributed by atoms with Crippen LogP contribution >= 0.6 is 0 Å². The van der Waals surface area contributed by atoms with E-state index in [1.54, 1.807) is 4.90 Å². The first-order valence-corrected chi connectivity index (χ1v) is 9.31. The average Bonchev–Trinajstić information content (AvgIpc) is 3.01. The number of amides is 1. The fourth-order valence-corrected chi connectivity index (χ4v) is 2.95. The number of cyclic esters (lactones) is 1. The summed E-state index contributed by atoms with van der Waals surface area (Å²) >= 11 is 0. The highest BCUT2D eigenvalue weighted by molar-refractivity contribution is 5.89. The van der Waals surface area contributed by atoms with E-state index in [2.05, 4.69) is 32.9 Å². The number of hydrogen-bond acceptors (Lipinski definition) is 4. The van der Waals surface area contributed by atoms with E-state index in [4.69, 9.17) is 14.2 Å². The second-order valence-corrected chi connectivity index (χ2v) is 7.63. The minimum Gasteiger partial charge on any atom is -0.494 e. The number of rotatable bonds is 6. The average molecular weight is 369 g/mol. The molecule has 1 fully saturated rings. The Kier molecular flexibility index (Phi) is 5.59.